The molecular weight excluding hydrogens is 364 g/mol. The normalized spacial score (nSPS) is 11.6. The minimum atomic E-state index is -0.575. The van der Waals surface area contributed by atoms with Crippen molar-refractivity contribution < 1.29 is 28.9 Å². The van der Waals surface area contributed by atoms with Gasteiger partial charge in [-0.3, -0.25) is 0 Å². The Morgan fingerprint density at radius 3 is 2.46 bits per heavy atom. The largest absolute Gasteiger partial charge is 0.490 e. The Kier molecular flexibility index (Phi) is 9.31. The van der Waals surface area contributed by atoms with Gasteiger partial charge in [0.25, 0.3) is 0 Å². The van der Waals surface area contributed by atoms with Gasteiger partial charge in [0.05, 0.1) is 19.4 Å². The highest BCUT2D eigenvalue weighted by molar-refractivity contribution is 5.91. The molecule has 28 heavy (non-hydrogen) atoms. The summed E-state index contributed by atoms with van der Waals surface area (Å²) in [6.45, 7) is 7.90. The van der Waals surface area contributed by atoms with Gasteiger partial charge in [-0.1, -0.05) is 11.6 Å². The van der Waals surface area contributed by atoms with Crippen LogP contribution < -0.4 is 15.4 Å². The molecule has 1 aromatic rings. The van der Waals surface area contributed by atoms with E-state index in [9.17, 15) is 9.59 Å². The van der Waals surface area contributed by atoms with E-state index in [1.807, 2.05) is 19.1 Å². The number of nitrogens with one attached hydrogen (secondary N) is 2. The van der Waals surface area contributed by atoms with Crippen LogP contribution in [0.5, 0.6) is 5.75 Å². The molecule has 0 fully saturated rings. The van der Waals surface area contributed by atoms with Crippen LogP contribution in [0.15, 0.2) is 24.3 Å². The summed E-state index contributed by atoms with van der Waals surface area (Å²) < 4.78 is 15.5. The topological polar surface area (TPSA) is 106 Å². The summed E-state index contributed by atoms with van der Waals surface area (Å²) >= 11 is 0. The SMILES string of the molecule is COC(=O)/C=C(/NCCNC(=O)OC(C)(C)C)c1cc(C)ccc1OCCO. The number of rotatable bonds is 9. The molecule has 0 aliphatic rings. The second kappa shape index (κ2) is 11.2. The monoisotopic (exact) mass is 394 g/mol. The standard InChI is InChI=1S/C20H30N2O6/c1-14-6-7-17(27-11-10-23)15(12-14)16(13-18(24)26-5)21-8-9-22-19(25)28-20(2,3)4/h6-7,12-13,21,23H,8-11H2,1-5H3,(H,22,25)/b16-13+. The fraction of sp³-hybridized carbons (Fsp3) is 0.500. The molecular formula is C20H30N2O6. The number of ether oxygens (including phenoxy) is 3. The molecule has 0 aliphatic heterocycles. The smallest absolute Gasteiger partial charge is 0.407 e. The maximum absolute atomic E-state index is 11.8. The van der Waals surface area contributed by atoms with Crippen LogP contribution in [0.3, 0.4) is 0 Å². The summed E-state index contributed by atoms with van der Waals surface area (Å²) in [5, 5.41) is 14.8. The van der Waals surface area contributed by atoms with E-state index in [2.05, 4.69) is 10.6 Å². The maximum Gasteiger partial charge on any atom is 0.407 e. The van der Waals surface area contributed by atoms with Crippen LogP contribution in [-0.4, -0.2) is 56.2 Å². The Morgan fingerprint density at radius 2 is 1.86 bits per heavy atom. The molecule has 1 rings (SSSR count). The first kappa shape index (κ1) is 23.3. The van der Waals surface area contributed by atoms with Crippen molar-refractivity contribution in [3.8, 4) is 5.75 Å². The van der Waals surface area contributed by atoms with Gasteiger partial charge < -0.3 is 30.0 Å². The summed E-state index contributed by atoms with van der Waals surface area (Å²) in [7, 11) is 1.29. The first-order valence-corrected chi connectivity index (χ1v) is 9.01. The summed E-state index contributed by atoms with van der Waals surface area (Å²) in [6.07, 6.45) is 0.795. The first-order valence-electron chi connectivity index (χ1n) is 9.01. The zero-order valence-electron chi connectivity index (χ0n) is 17.1. The zero-order valence-corrected chi connectivity index (χ0v) is 17.1. The zero-order chi connectivity index (χ0) is 21.2. The highest BCUT2D eigenvalue weighted by Gasteiger charge is 2.16. The molecule has 0 atom stereocenters. The van der Waals surface area contributed by atoms with E-state index in [-0.39, 0.29) is 19.8 Å². The third-order valence-corrected chi connectivity index (χ3v) is 3.35. The average Bonchev–Trinajstić information content (AvgIpc) is 2.61. The molecule has 1 aromatic carbocycles. The highest BCUT2D eigenvalue weighted by atomic mass is 16.6. The Bertz CT molecular complexity index is 694. The van der Waals surface area contributed by atoms with Crippen LogP contribution in [-0.2, 0) is 14.3 Å². The molecule has 0 unspecified atom stereocenters. The van der Waals surface area contributed by atoms with Gasteiger partial charge in [-0.05, 0) is 39.8 Å². The fourth-order valence-electron chi connectivity index (χ4n) is 2.21. The van der Waals surface area contributed by atoms with E-state index in [1.165, 1.54) is 13.2 Å². The van der Waals surface area contributed by atoms with E-state index >= 15 is 0 Å². The van der Waals surface area contributed by atoms with Gasteiger partial charge in [-0.15, -0.1) is 0 Å². The highest BCUT2D eigenvalue weighted by Crippen LogP contribution is 2.26. The van der Waals surface area contributed by atoms with E-state index in [4.69, 9.17) is 19.3 Å². The van der Waals surface area contributed by atoms with Crippen molar-refractivity contribution in [3.05, 3.63) is 35.4 Å². The van der Waals surface area contributed by atoms with Gasteiger partial charge in [-0.2, -0.15) is 0 Å². The predicted octanol–water partition coefficient (Wildman–Crippen LogP) is 1.99. The number of amides is 1. The molecule has 0 spiro atoms. The third kappa shape index (κ3) is 8.77. The molecule has 0 aliphatic carbocycles. The van der Waals surface area contributed by atoms with Gasteiger partial charge in [-0.25, -0.2) is 9.59 Å². The molecule has 156 valence electrons. The van der Waals surface area contributed by atoms with E-state index < -0.39 is 17.7 Å². The van der Waals surface area contributed by atoms with Crippen molar-refractivity contribution in [2.75, 3.05) is 33.4 Å². The number of esters is 1. The molecule has 8 nitrogen and oxygen atoms in total. The van der Waals surface area contributed by atoms with E-state index in [1.54, 1.807) is 26.8 Å². The van der Waals surface area contributed by atoms with Crippen molar-refractivity contribution >= 4 is 17.8 Å². The Labute approximate surface area is 165 Å². The van der Waals surface area contributed by atoms with E-state index in [0.29, 0.717) is 23.6 Å². The Hall–Kier alpha value is -2.74. The number of aliphatic hydroxyl groups is 1. The second-order valence-electron chi connectivity index (χ2n) is 7.01. The summed E-state index contributed by atoms with van der Waals surface area (Å²) in [4.78, 5) is 23.5. The lowest BCUT2D eigenvalue weighted by Crippen LogP contribution is -2.36. The number of aliphatic hydroxyl groups excluding tert-OH is 1. The number of aryl methyl sites for hydroxylation is 1. The number of carbonyl (C=O) groups excluding carboxylic acids is 2. The summed E-state index contributed by atoms with van der Waals surface area (Å²) in [6, 6.07) is 5.50. The molecule has 3 N–H and O–H groups in total. The van der Waals surface area contributed by atoms with Crippen molar-refractivity contribution in [2.45, 2.75) is 33.3 Å². The molecule has 0 saturated carbocycles. The minimum Gasteiger partial charge on any atom is -0.490 e. The number of benzene rings is 1. The Balaban J connectivity index is 2.88. The Morgan fingerprint density at radius 1 is 1.18 bits per heavy atom. The van der Waals surface area contributed by atoms with Crippen molar-refractivity contribution in [1.82, 2.24) is 10.6 Å². The number of methoxy groups -OCH3 is 1. The molecule has 0 bridgehead atoms. The van der Waals surface area contributed by atoms with Crippen LogP contribution in [0.1, 0.15) is 31.9 Å². The number of carbonyl (C=O) groups is 2. The average molecular weight is 394 g/mol. The number of hydrogen-bond donors (Lipinski definition) is 3. The molecule has 1 amide bonds. The van der Waals surface area contributed by atoms with E-state index in [0.717, 1.165) is 5.56 Å². The summed E-state index contributed by atoms with van der Waals surface area (Å²) in [5.74, 6) is -0.0142. The fourth-order valence-corrected chi connectivity index (χ4v) is 2.21. The van der Waals surface area contributed by atoms with Gasteiger partial charge in [0.2, 0.25) is 0 Å². The van der Waals surface area contributed by atoms with Crippen LogP contribution in [0.2, 0.25) is 0 Å². The molecule has 0 radical (unpaired) electrons. The second-order valence-corrected chi connectivity index (χ2v) is 7.01. The predicted molar refractivity (Wildman–Crippen MR) is 106 cm³/mol. The minimum absolute atomic E-state index is 0.127. The van der Waals surface area contributed by atoms with Crippen molar-refractivity contribution in [1.29, 1.82) is 0 Å². The van der Waals surface area contributed by atoms with Crippen molar-refractivity contribution in [2.24, 2.45) is 0 Å². The van der Waals surface area contributed by atoms with Crippen LogP contribution in [0.4, 0.5) is 4.79 Å². The lowest BCUT2D eigenvalue weighted by atomic mass is 10.1. The van der Waals surface area contributed by atoms with Gasteiger partial charge in [0.1, 0.15) is 18.0 Å². The van der Waals surface area contributed by atoms with Gasteiger partial charge in [0.15, 0.2) is 0 Å². The molecule has 0 aromatic heterocycles. The quantitative estimate of drug-likeness (QED) is 0.334. The van der Waals surface area contributed by atoms with Gasteiger partial charge in [0, 0.05) is 24.7 Å². The van der Waals surface area contributed by atoms with Crippen LogP contribution in [0, 0.1) is 6.92 Å². The molecule has 0 saturated heterocycles. The lowest BCUT2D eigenvalue weighted by molar-refractivity contribution is -0.134. The summed E-state index contributed by atoms with van der Waals surface area (Å²) in [5.41, 5.74) is 1.52. The number of alkyl carbamates (subject to hydrolysis) is 1. The third-order valence-electron chi connectivity index (χ3n) is 3.35. The first-order chi connectivity index (χ1) is 13.2. The van der Waals surface area contributed by atoms with Crippen LogP contribution in [0.25, 0.3) is 5.70 Å². The number of hydrogen-bond acceptors (Lipinski definition) is 7. The van der Waals surface area contributed by atoms with Crippen LogP contribution >= 0.6 is 0 Å². The molecule has 0 heterocycles. The van der Waals surface area contributed by atoms with Gasteiger partial charge >= 0.3 is 12.1 Å². The molecule has 8 heteroatoms. The maximum atomic E-state index is 11.8. The lowest BCUT2D eigenvalue weighted by Gasteiger charge is -2.20. The van der Waals surface area contributed by atoms with Crippen molar-refractivity contribution in [3.63, 3.8) is 0 Å².